The number of amides is 2. The average Bonchev–Trinajstić information content (AvgIpc) is 3.34. The fraction of sp³-hybridized carbons (Fsp3) is 0.179. The third-order valence-corrected chi connectivity index (χ3v) is 6.24. The number of rotatable bonds is 4. The molecular weight excluding hydrogens is 424 g/mol. The molecule has 6 nitrogen and oxygen atoms in total. The third kappa shape index (κ3) is 4.22. The van der Waals surface area contributed by atoms with Crippen LogP contribution in [0, 0.1) is 6.92 Å². The highest BCUT2D eigenvalue weighted by Gasteiger charge is 2.28. The summed E-state index contributed by atoms with van der Waals surface area (Å²) in [4.78, 5) is 30.1. The summed E-state index contributed by atoms with van der Waals surface area (Å²) < 4.78 is 1.77. The van der Waals surface area contributed by atoms with E-state index in [1.54, 1.807) is 4.68 Å². The van der Waals surface area contributed by atoms with E-state index in [9.17, 15) is 9.59 Å². The van der Waals surface area contributed by atoms with Crippen molar-refractivity contribution in [1.82, 2.24) is 19.6 Å². The van der Waals surface area contributed by atoms with Crippen molar-refractivity contribution in [3.63, 3.8) is 0 Å². The molecule has 2 heterocycles. The molecule has 0 aliphatic carbocycles. The minimum Gasteiger partial charge on any atom is -0.335 e. The molecule has 0 radical (unpaired) electrons. The first-order valence-corrected chi connectivity index (χ1v) is 11.5. The topological polar surface area (TPSA) is 58.4 Å². The highest BCUT2D eigenvalue weighted by atomic mass is 16.2. The SMILES string of the molecule is Cc1ccccc1-c1nn(-c2ccccc2)cc1C(=O)N1CCN(C(=O)c2ccccc2)CC1. The van der Waals surface area contributed by atoms with Crippen LogP contribution >= 0.6 is 0 Å². The molecule has 1 saturated heterocycles. The third-order valence-electron chi connectivity index (χ3n) is 6.24. The van der Waals surface area contributed by atoms with Crippen LogP contribution in [0.2, 0.25) is 0 Å². The summed E-state index contributed by atoms with van der Waals surface area (Å²) in [5.41, 5.74) is 4.82. The van der Waals surface area contributed by atoms with Gasteiger partial charge in [-0.1, -0.05) is 60.7 Å². The molecule has 3 aromatic carbocycles. The van der Waals surface area contributed by atoms with Crippen molar-refractivity contribution in [2.24, 2.45) is 0 Å². The number of hydrogen-bond donors (Lipinski definition) is 0. The van der Waals surface area contributed by atoms with Gasteiger partial charge in [0.05, 0.1) is 11.3 Å². The average molecular weight is 451 g/mol. The van der Waals surface area contributed by atoms with Crippen molar-refractivity contribution in [2.75, 3.05) is 26.2 Å². The van der Waals surface area contributed by atoms with Gasteiger partial charge in [-0.05, 0) is 36.8 Å². The van der Waals surface area contributed by atoms with Crippen LogP contribution in [-0.2, 0) is 0 Å². The molecule has 6 heteroatoms. The Morgan fingerprint density at radius 1 is 0.706 bits per heavy atom. The van der Waals surface area contributed by atoms with E-state index >= 15 is 0 Å². The Bertz CT molecular complexity index is 1310. The van der Waals surface area contributed by atoms with Crippen molar-refractivity contribution in [3.05, 3.63) is 108 Å². The Kier molecular flexibility index (Phi) is 5.95. The molecule has 1 fully saturated rings. The Morgan fingerprint density at radius 3 is 1.91 bits per heavy atom. The van der Waals surface area contributed by atoms with E-state index in [0.29, 0.717) is 43.0 Å². The number of piperazine rings is 1. The maximum atomic E-state index is 13.7. The van der Waals surface area contributed by atoms with Crippen molar-refractivity contribution in [1.29, 1.82) is 0 Å². The van der Waals surface area contributed by atoms with Gasteiger partial charge in [0.25, 0.3) is 11.8 Å². The molecule has 4 aromatic rings. The van der Waals surface area contributed by atoms with Gasteiger partial charge in [-0.2, -0.15) is 5.10 Å². The second-order valence-electron chi connectivity index (χ2n) is 8.44. The lowest BCUT2D eigenvalue weighted by Crippen LogP contribution is -2.50. The number of aryl methyl sites for hydroxylation is 1. The minimum absolute atomic E-state index is 0.00481. The number of hydrogen-bond acceptors (Lipinski definition) is 3. The van der Waals surface area contributed by atoms with Gasteiger partial charge in [-0.3, -0.25) is 9.59 Å². The van der Waals surface area contributed by atoms with Gasteiger partial charge in [0, 0.05) is 43.5 Å². The van der Waals surface area contributed by atoms with Crippen LogP contribution in [0.1, 0.15) is 26.3 Å². The number of carbonyl (C=O) groups is 2. The Balaban J connectivity index is 1.41. The van der Waals surface area contributed by atoms with E-state index in [4.69, 9.17) is 5.10 Å². The molecule has 0 spiro atoms. The molecule has 2 amide bonds. The van der Waals surface area contributed by atoms with Crippen LogP contribution in [0.5, 0.6) is 0 Å². The molecule has 0 N–H and O–H groups in total. The maximum absolute atomic E-state index is 13.7. The molecule has 0 unspecified atom stereocenters. The monoisotopic (exact) mass is 450 g/mol. The highest BCUT2D eigenvalue weighted by molar-refractivity contribution is 6.00. The molecule has 5 rings (SSSR count). The molecule has 1 aliphatic rings. The molecular formula is C28H26N4O2. The van der Waals surface area contributed by atoms with Crippen molar-refractivity contribution < 1.29 is 9.59 Å². The van der Waals surface area contributed by atoms with Crippen LogP contribution in [-0.4, -0.2) is 57.6 Å². The summed E-state index contributed by atoms with van der Waals surface area (Å²) >= 11 is 0. The van der Waals surface area contributed by atoms with Crippen LogP contribution in [0.3, 0.4) is 0 Å². The summed E-state index contributed by atoms with van der Waals surface area (Å²) in [5, 5.41) is 4.81. The Labute approximate surface area is 199 Å². The van der Waals surface area contributed by atoms with E-state index in [1.165, 1.54) is 0 Å². The van der Waals surface area contributed by atoms with Gasteiger partial charge in [0.15, 0.2) is 0 Å². The lowest BCUT2D eigenvalue weighted by Gasteiger charge is -2.34. The number of para-hydroxylation sites is 1. The first-order valence-electron chi connectivity index (χ1n) is 11.5. The van der Waals surface area contributed by atoms with Gasteiger partial charge in [0.1, 0.15) is 5.69 Å². The minimum atomic E-state index is -0.0627. The van der Waals surface area contributed by atoms with E-state index in [1.807, 2.05) is 108 Å². The quantitative estimate of drug-likeness (QED) is 0.462. The smallest absolute Gasteiger partial charge is 0.257 e. The van der Waals surface area contributed by atoms with Gasteiger partial charge in [-0.25, -0.2) is 4.68 Å². The molecule has 34 heavy (non-hydrogen) atoms. The zero-order valence-electron chi connectivity index (χ0n) is 19.1. The summed E-state index contributed by atoms with van der Waals surface area (Å²) in [6.45, 7) is 4.01. The predicted molar refractivity (Wildman–Crippen MR) is 132 cm³/mol. The summed E-state index contributed by atoms with van der Waals surface area (Å²) in [6, 6.07) is 27.1. The normalized spacial score (nSPS) is 13.7. The van der Waals surface area contributed by atoms with Crippen LogP contribution in [0.15, 0.2) is 91.1 Å². The number of nitrogens with zero attached hydrogens (tertiary/aromatic N) is 4. The fourth-order valence-electron chi connectivity index (χ4n) is 4.33. The maximum Gasteiger partial charge on any atom is 0.257 e. The largest absolute Gasteiger partial charge is 0.335 e. The van der Waals surface area contributed by atoms with Crippen LogP contribution in [0.4, 0.5) is 0 Å². The number of aromatic nitrogens is 2. The number of carbonyl (C=O) groups excluding carboxylic acids is 2. The van der Waals surface area contributed by atoms with Gasteiger partial charge in [-0.15, -0.1) is 0 Å². The predicted octanol–water partition coefficient (Wildman–Crippen LogP) is 4.45. The van der Waals surface area contributed by atoms with Crippen LogP contribution < -0.4 is 0 Å². The van der Waals surface area contributed by atoms with Gasteiger partial charge in [0.2, 0.25) is 0 Å². The Morgan fingerprint density at radius 2 is 1.26 bits per heavy atom. The van der Waals surface area contributed by atoms with E-state index in [2.05, 4.69) is 0 Å². The van der Waals surface area contributed by atoms with Crippen molar-refractivity contribution in [3.8, 4) is 16.9 Å². The zero-order chi connectivity index (χ0) is 23.5. The first-order chi connectivity index (χ1) is 16.6. The first kappa shape index (κ1) is 21.6. The standard InChI is InChI=1S/C28H26N4O2/c1-21-10-8-9-15-24(21)26-25(20-32(29-26)23-13-6-3-7-14-23)28(34)31-18-16-30(17-19-31)27(33)22-11-4-2-5-12-22/h2-15,20H,16-19H2,1H3. The lowest BCUT2D eigenvalue weighted by atomic mass is 10.0. The molecule has 1 aliphatic heterocycles. The number of benzene rings is 3. The lowest BCUT2D eigenvalue weighted by molar-refractivity contribution is 0.0536. The second kappa shape index (κ2) is 9.35. The van der Waals surface area contributed by atoms with Crippen molar-refractivity contribution in [2.45, 2.75) is 6.92 Å². The summed E-state index contributed by atoms with van der Waals surface area (Å²) in [7, 11) is 0. The molecule has 0 bridgehead atoms. The van der Waals surface area contributed by atoms with Crippen LogP contribution in [0.25, 0.3) is 16.9 Å². The van der Waals surface area contributed by atoms with E-state index in [-0.39, 0.29) is 11.8 Å². The van der Waals surface area contributed by atoms with Crippen molar-refractivity contribution >= 4 is 11.8 Å². The second-order valence-corrected chi connectivity index (χ2v) is 8.44. The van der Waals surface area contributed by atoms with Gasteiger partial charge >= 0.3 is 0 Å². The molecule has 1 aromatic heterocycles. The molecule has 170 valence electrons. The Hall–Kier alpha value is -4.19. The van der Waals surface area contributed by atoms with E-state index in [0.717, 1.165) is 16.8 Å². The van der Waals surface area contributed by atoms with Gasteiger partial charge < -0.3 is 9.80 Å². The zero-order valence-corrected chi connectivity index (χ0v) is 19.1. The summed E-state index contributed by atoms with van der Waals surface area (Å²) in [5.74, 6) is -0.0579. The fourth-order valence-corrected chi connectivity index (χ4v) is 4.33. The summed E-state index contributed by atoms with van der Waals surface area (Å²) in [6.07, 6.45) is 1.82. The molecule has 0 atom stereocenters. The van der Waals surface area contributed by atoms with E-state index < -0.39 is 0 Å². The highest BCUT2D eigenvalue weighted by Crippen LogP contribution is 2.28. The molecule has 0 saturated carbocycles.